The van der Waals surface area contributed by atoms with E-state index in [0.29, 0.717) is 0 Å². The lowest BCUT2D eigenvalue weighted by Gasteiger charge is -2.15. The average molecular weight is 312 g/mol. The van der Waals surface area contributed by atoms with E-state index >= 15 is 0 Å². The predicted molar refractivity (Wildman–Crippen MR) is 75.4 cm³/mol. The SMILES string of the molecule is CC(Nc1ccc(Br)cn1)c1cccc(Cl)c1. The maximum Gasteiger partial charge on any atom is 0.126 e. The first-order valence-electron chi connectivity index (χ1n) is 5.29. The molecule has 0 aliphatic rings. The molecule has 0 fully saturated rings. The smallest absolute Gasteiger partial charge is 0.126 e. The van der Waals surface area contributed by atoms with Crippen molar-refractivity contribution in [2.75, 3.05) is 5.32 Å². The van der Waals surface area contributed by atoms with Crippen molar-refractivity contribution in [3.63, 3.8) is 0 Å². The van der Waals surface area contributed by atoms with Crippen molar-refractivity contribution in [2.45, 2.75) is 13.0 Å². The molecule has 1 N–H and O–H groups in total. The highest BCUT2D eigenvalue weighted by molar-refractivity contribution is 9.10. The summed E-state index contributed by atoms with van der Waals surface area (Å²) in [6.45, 7) is 2.08. The fraction of sp³-hybridized carbons (Fsp3) is 0.154. The number of hydrogen-bond acceptors (Lipinski definition) is 2. The Labute approximate surface area is 114 Å². The third kappa shape index (κ3) is 3.45. The maximum atomic E-state index is 5.96. The minimum absolute atomic E-state index is 0.169. The highest BCUT2D eigenvalue weighted by Gasteiger charge is 2.06. The molecule has 0 aliphatic carbocycles. The standard InChI is InChI=1S/C13H12BrClN2/c1-9(10-3-2-4-12(15)7-10)17-13-6-5-11(14)8-16-13/h2-9H,1H3,(H,16,17). The lowest BCUT2D eigenvalue weighted by molar-refractivity contribution is 0.874. The van der Waals surface area contributed by atoms with E-state index in [1.54, 1.807) is 6.20 Å². The van der Waals surface area contributed by atoms with Gasteiger partial charge in [-0.1, -0.05) is 23.7 Å². The van der Waals surface area contributed by atoms with Crippen LogP contribution >= 0.6 is 27.5 Å². The molecule has 0 saturated carbocycles. The molecule has 17 heavy (non-hydrogen) atoms. The Bertz CT molecular complexity index is 499. The summed E-state index contributed by atoms with van der Waals surface area (Å²) in [7, 11) is 0. The highest BCUT2D eigenvalue weighted by Crippen LogP contribution is 2.21. The number of benzene rings is 1. The molecule has 1 aromatic carbocycles. The third-order valence-electron chi connectivity index (χ3n) is 2.44. The number of halogens is 2. The lowest BCUT2D eigenvalue weighted by Crippen LogP contribution is -2.07. The van der Waals surface area contributed by atoms with Gasteiger partial charge < -0.3 is 5.32 Å². The summed E-state index contributed by atoms with van der Waals surface area (Å²) in [4.78, 5) is 4.28. The van der Waals surface area contributed by atoms with Crippen LogP contribution in [0.3, 0.4) is 0 Å². The van der Waals surface area contributed by atoms with Gasteiger partial charge in [-0.25, -0.2) is 4.98 Å². The first kappa shape index (κ1) is 12.4. The molecule has 2 rings (SSSR count). The van der Waals surface area contributed by atoms with Gasteiger partial charge in [0.2, 0.25) is 0 Å². The van der Waals surface area contributed by atoms with Crippen LogP contribution in [0.5, 0.6) is 0 Å². The number of anilines is 1. The van der Waals surface area contributed by atoms with Crippen LogP contribution in [-0.4, -0.2) is 4.98 Å². The molecular weight excluding hydrogens is 300 g/mol. The first-order chi connectivity index (χ1) is 8.15. The van der Waals surface area contributed by atoms with E-state index in [1.807, 2.05) is 36.4 Å². The van der Waals surface area contributed by atoms with E-state index in [-0.39, 0.29) is 6.04 Å². The van der Waals surface area contributed by atoms with Crippen molar-refractivity contribution in [3.05, 3.63) is 57.7 Å². The van der Waals surface area contributed by atoms with Gasteiger partial charge >= 0.3 is 0 Å². The highest BCUT2D eigenvalue weighted by atomic mass is 79.9. The van der Waals surface area contributed by atoms with Crippen LogP contribution in [0.25, 0.3) is 0 Å². The monoisotopic (exact) mass is 310 g/mol. The van der Waals surface area contributed by atoms with Gasteiger partial charge in [0, 0.05) is 21.7 Å². The number of nitrogens with zero attached hydrogens (tertiary/aromatic N) is 1. The minimum Gasteiger partial charge on any atom is -0.364 e. The largest absolute Gasteiger partial charge is 0.364 e. The Hall–Kier alpha value is -1.06. The Morgan fingerprint density at radius 1 is 1.29 bits per heavy atom. The molecule has 1 heterocycles. The van der Waals surface area contributed by atoms with Gasteiger partial charge in [0.05, 0.1) is 0 Å². The molecule has 0 bridgehead atoms. The summed E-state index contributed by atoms with van der Waals surface area (Å²) in [5, 5.41) is 4.07. The van der Waals surface area contributed by atoms with E-state index in [9.17, 15) is 0 Å². The molecular formula is C13H12BrClN2. The number of rotatable bonds is 3. The summed E-state index contributed by atoms with van der Waals surface area (Å²) < 4.78 is 0.971. The zero-order valence-electron chi connectivity index (χ0n) is 9.32. The van der Waals surface area contributed by atoms with Crippen LogP contribution in [0, 0.1) is 0 Å². The number of pyridine rings is 1. The molecule has 1 atom stereocenters. The van der Waals surface area contributed by atoms with Crippen molar-refractivity contribution in [1.29, 1.82) is 0 Å². The molecule has 2 aromatic rings. The van der Waals surface area contributed by atoms with E-state index < -0.39 is 0 Å². The normalized spacial score (nSPS) is 12.2. The maximum absolute atomic E-state index is 5.96. The summed E-state index contributed by atoms with van der Waals surface area (Å²) in [6.07, 6.45) is 1.77. The van der Waals surface area contributed by atoms with Gasteiger partial charge in [-0.15, -0.1) is 0 Å². The fourth-order valence-electron chi connectivity index (χ4n) is 1.54. The van der Waals surface area contributed by atoms with Crippen LogP contribution in [0.15, 0.2) is 47.1 Å². The average Bonchev–Trinajstić information content (AvgIpc) is 2.32. The molecule has 4 heteroatoms. The van der Waals surface area contributed by atoms with E-state index in [1.165, 1.54) is 0 Å². The Kier molecular flexibility index (Phi) is 4.02. The van der Waals surface area contributed by atoms with Crippen LogP contribution < -0.4 is 5.32 Å². The second kappa shape index (κ2) is 5.52. The van der Waals surface area contributed by atoms with Gasteiger partial charge in [-0.2, -0.15) is 0 Å². The fourth-order valence-corrected chi connectivity index (χ4v) is 1.98. The van der Waals surface area contributed by atoms with Crippen molar-refractivity contribution >= 4 is 33.3 Å². The predicted octanol–water partition coefficient (Wildman–Crippen LogP) is 4.67. The van der Waals surface area contributed by atoms with E-state index in [2.05, 4.69) is 33.2 Å². The molecule has 0 amide bonds. The Balaban J connectivity index is 2.11. The number of aromatic nitrogens is 1. The molecule has 0 radical (unpaired) electrons. The van der Waals surface area contributed by atoms with Gasteiger partial charge in [-0.05, 0) is 52.7 Å². The van der Waals surface area contributed by atoms with Crippen LogP contribution in [0.4, 0.5) is 5.82 Å². The Morgan fingerprint density at radius 2 is 2.12 bits per heavy atom. The second-order valence-electron chi connectivity index (χ2n) is 3.78. The summed E-state index contributed by atoms with van der Waals surface area (Å²) >= 11 is 9.32. The summed E-state index contributed by atoms with van der Waals surface area (Å²) in [6, 6.07) is 11.9. The quantitative estimate of drug-likeness (QED) is 0.891. The molecule has 1 aromatic heterocycles. The molecule has 1 unspecified atom stereocenters. The lowest BCUT2D eigenvalue weighted by atomic mass is 10.1. The van der Waals surface area contributed by atoms with Crippen molar-refractivity contribution in [1.82, 2.24) is 4.98 Å². The van der Waals surface area contributed by atoms with Gasteiger partial charge in [0.25, 0.3) is 0 Å². The molecule has 0 aliphatic heterocycles. The van der Waals surface area contributed by atoms with Gasteiger partial charge in [0.1, 0.15) is 5.82 Å². The van der Waals surface area contributed by atoms with Gasteiger partial charge in [-0.3, -0.25) is 0 Å². The van der Waals surface area contributed by atoms with Crippen LogP contribution in [0.2, 0.25) is 5.02 Å². The molecule has 0 saturated heterocycles. The number of nitrogens with one attached hydrogen (secondary N) is 1. The second-order valence-corrected chi connectivity index (χ2v) is 5.13. The molecule has 0 spiro atoms. The first-order valence-corrected chi connectivity index (χ1v) is 6.46. The topological polar surface area (TPSA) is 24.9 Å². The van der Waals surface area contributed by atoms with Crippen LogP contribution in [0.1, 0.15) is 18.5 Å². The summed E-state index contributed by atoms with van der Waals surface area (Å²) in [5.41, 5.74) is 1.14. The van der Waals surface area contributed by atoms with Crippen molar-refractivity contribution in [2.24, 2.45) is 0 Å². The zero-order valence-corrected chi connectivity index (χ0v) is 11.7. The Morgan fingerprint density at radius 3 is 2.76 bits per heavy atom. The van der Waals surface area contributed by atoms with E-state index in [4.69, 9.17) is 11.6 Å². The third-order valence-corrected chi connectivity index (χ3v) is 3.14. The molecule has 88 valence electrons. The van der Waals surface area contributed by atoms with Crippen molar-refractivity contribution < 1.29 is 0 Å². The van der Waals surface area contributed by atoms with Crippen molar-refractivity contribution in [3.8, 4) is 0 Å². The minimum atomic E-state index is 0.169. The summed E-state index contributed by atoms with van der Waals surface area (Å²) in [5.74, 6) is 0.848. The van der Waals surface area contributed by atoms with E-state index in [0.717, 1.165) is 20.9 Å². The van der Waals surface area contributed by atoms with Crippen LogP contribution in [-0.2, 0) is 0 Å². The zero-order chi connectivity index (χ0) is 12.3. The molecule has 2 nitrogen and oxygen atoms in total. The number of hydrogen-bond donors (Lipinski definition) is 1. The van der Waals surface area contributed by atoms with Gasteiger partial charge in [0.15, 0.2) is 0 Å².